The molecule has 1 aliphatic heterocycles. The number of piperidine rings is 1. The monoisotopic (exact) mass is 436 g/mol. The van der Waals surface area contributed by atoms with Gasteiger partial charge in [0.25, 0.3) is 11.8 Å². The van der Waals surface area contributed by atoms with Crippen LogP contribution in [0.2, 0.25) is 0 Å². The van der Waals surface area contributed by atoms with E-state index < -0.39 is 0 Å². The molecule has 1 N–H and O–H groups in total. The molecule has 0 spiro atoms. The molecular weight excluding hydrogens is 408 g/mol. The van der Waals surface area contributed by atoms with Gasteiger partial charge in [0, 0.05) is 25.0 Å². The summed E-state index contributed by atoms with van der Waals surface area (Å²) in [6, 6.07) is 10.8. The average molecular weight is 437 g/mol. The number of para-hydroxylation sites is 1. The molecule has 1 aliphatic rings. The maximum Gasteiger partial charge on any atom is 0.257 e. The standard InChI is InChI=1S/C25H28N2O5/c1-4-26-24(28)22-17-14-20(31-3)18(25(29)27-12-8-5-9-13-27)15-21(17)32-23(22)16-10-6-7-11-19(16)30-2/h6-7,10-11,14-15H,4-5,8-9,12-13H2,1-3H3,(H,26,28). The summed E-state index contributed by atoms with van der Waals surface area (Å²) < 4.78 is 17.3. The summed E-state index contributed by atoms with van der Waals surface area (Å²) in [5.74, 6) is 1.07. The van der Waals surface area contributed by atoms with Crippen LogP contribution in [0.25, 0.3) is 22.3 Å². The van der Waals surface area contributed by atoms with E-state index in [1.165, 1.54) is 7.11 Å². The number of nitrogens with one attached hydrogen (secondary N) is 1. The zero-order valence-corrected chi connectivity index (χ0v) is 18.7. The number of rotatable bonds is 6. The first-order chi connectivity index (χ1) is 15.6. The number of ether oxygens (including phenoxy) is 2. The van der Waals surface area contributed by atoms with Gasteiger partial charge in [-0.1, -0.05) is 12.1 Å². The Balaban J connectivity index is 1.91. The van der Waals surface area contributed by atoms with Crippen molar-refractivity contribution in [3.05, 3.63) is 47.5 Å². The van der Waals surface area contributed by atoms with Crippen LogP contribution in [0, 0.1) is 0 Å². The summed E-state index contributed by atoms with van der Waals surface area (Å²) in [6.45, 7) is 3.79. The van der Waals surface area contributed by atoms with Crippen LogP contribution in [-0.4, -0.2) is 50.6 Å². The van der Waals surface area contributed by atoms with E-state index in [0.717, 1.165) is 32.4 Å². The van der Waals surface area contributed by atoms with Gasteiger partial charge in [-0.3, -0.25) is 9.59 Å². The molecule has 1 aromatic heterocycles. The smallest absolute Gasteiger partial charge is 0.257 e. The summed E-state index contributed by atoms with van der Waals surface area (Å²) >= 11 is 0. The van der Waals surface area contributed by atoms with Crippen LogP contribution in [0.4, 0.5) is 0 Å². The number of likely N-dealkylation sites (tertiary alicyclic amines) is 1. The first-order valence-electron chi connectivity index (χ1n) is 10.9. The van der Waals surface area contributed by atoms with Gasteiger partial charge in [-0.2, -0.15) is 0 Å². The van der Waals surface area contributed by atoms with E-state index in [2.05, 4.69) is 5.32 Å². The second-order valence-corrected chi connectivity index (χ2v) is 7.77. The molecule has 168 valence electrons. The summed E-state index contributed by atoms with van der Waals surface area (Å²) in [5, 5.41) is 3.45. The number of nitrogens with zero attached hydrogens (tertiary/aromatic N) is 1. The molecule has 0 bridgehead atoms. The van der Waals surface area contributed by atoms with Gasteiger partial charge >= 0.3 is 0 Å². The van der Waals surface area contributed by atoms with E-state index in [1.54, 1.807) is 19.2 Å². The van der Waals surface area contributed by atoms with Crippen LogP contribution in [0.1, 0.15) is 46.9 Å². The lowest BCUT2D eigenvalue weighted by Gasteiger charge is -2.27. The molecule has 2 heterocycles. The predicted molar refractivity (Wildman–Crippen MR) is 123 cm³/mol. The molecule has 1 saturated heterocycles. The summed E-state index contributed by atoms with van der Waals surface area (Å²) in [4.78, 5) is 28.1. The van der Waals surface area contributed by atoms with Gasteiger partial charge in [-0.15, -0.1) is 0 Å². The van der Waals surface area contributed by atoms with E-state index in [4.69, 9.17) is 13.9 Å². The Morgan fingerprint density at radius 2 is 1.75 bits per heavy atom. The van der Waals surface area contributed by atoms with E-state index in [-0.39, 0.29) is 11.8 Å². The van der Waals surface area contributed by atoms with Gasteiger partial charge < -0.3 is 24.1 Å². The third-order valence-electron chi connectivity index (χ3n) is 5.80. The molecule has 0 aliphatic carbocycles. The topological polar surface area (TPSA) is 81.0 Å². The molecular formula is C25H28N2O5. The molecule has 4 rings (SSSR count). The van der Waals surface area contributed by atoms with Crippen LogP contribution in [0.15, 0.2) is 40.8 Å². The number of carbonyl (C=O) groups excluding carboxylic acids is 2. The molecule has 0 atom stereocenters. The molecule has 2 aromatic carbocycles. The number of benzene rings is 2. The average Bonchev–Trinajstić information content (AvgIpc) is 3.21. The Hall–Kier alpha value is -3.48. The fourth-order valence-corrected chi connectivity index (χ4v) is 4.22. The van der Waals surface area contributed by atoms with Crippen molar-refractivity contribution in [3.8, 4) is 22.8 Å². The van der Waals surface area contributed by atoms with Crippen LogP contribution in [0.3, 0.4) is 0 Å². The van der Waals surface area contributed by atoms with E-state index >= 15 is 0 Å². The van der Waals surface area contributed by atoms with Gasteiger partial charge in [-0.25, -0.2) is 0 Å². The van der Waals surface area contributed by atoms with Gasteiger partial charge in [0.05, 0.1) is 30.9 Å². The minimum absolute atomic E-state index is 0.0850. The molecule has 1 fully saturated rings. The number of methoxy groups -OCH3 is 2. The van der Waals surface area contributed by atoms with Crippen LogP contribution < -0.4 is 14.8 Å². The number of furan rings is 1. The Morgan fingerprint density at radius 3 is 2.44 bits per heavy atom. The highest BCUT2D eigenvalue weighted by molar-refractivity contribution is 6.13. The predicted octanol–water partition coefficient (Wildman–Crippen LogP) is 4.49. The zero-order chi connectivity index (χ0) is 22.7. The zero-order valence-electron chi connectivity index (χ0n) is 18.7. The van der Waals surface area contributed by atoms with E-state index in [9.17, 15) is 9.59 Å². The van der Waals surface area contributed by atoms with Gasteiger partial charge in [0.1, 0.15) is 17.1 Å². The van der Waals surface area contributed by atoms with Crippen LogP contribution >= 0.6 is 0 Å². The van der Waals surface area contributed by atoms with Gasteiger partial charge in [0.2, 0.25) is 0 Å². The Labute approximate surface area is 187 Å². The SMILES string of the molecule is CCNC(=O)c1c(-c2ccccc2OC)oc2cc(C(=O)N3CCCCC3)c(OC)cc12. The van der Waals surface area contributed by atoms with Crippen molar-refractivity contribution in [2.45, 2.75) is 26.2 Å². The molecule has 32 heavy (non-hydrogen) atoms. The second kappa shape index (κ2) is 9.34. The molecule has 7 nitrogen and oxygen atoms in total. The van der Waals surface area contributed by atoms with Crippen molar-refractivity contribution in [2.24, 2.45) is 0 Å². The Morgan fingerprint density at radius 1 is 1.03 bits per heavy atom. The molecule has 3 aromatic rings. The van der Waals surface area contributed by atoms with Crippen molar-refractivity contribution in [1.82, 2.24) is 10.2 Å². The van der Waals surface area contributed by atoms with Gasteiger partial charge in [-0.05, 0) is 50.5 Å². The van der Waals surface area contributed by atoms with Crippen molar-refractivity contribution in [3.63, 3.8) is 0 Å². The third kappa shape index (κ3) is 3.90. The highest BCUT2D eigenvalue weighted by Crippen LogP contribution is 2.40. The quantitative estimate of drug-likeness (QED) is 0.616. The lowest BCUT2D eigenvalue weighted by molar-refractivity contribution is 0.0720. The second-order valence-electron chi connectivity index (χ2n) is 7.77. The van der Waals surface area contributed by atoms with Crippen LogP contribution in [-0.2, 0) is 0 Å². The largest absolute Gasteiger partial charge is 0.496 e. The van der Waals surface area contributed by atoms with Crippen molar-refractivity contribution >= 4 is 22.8 Å². The van der Waals surface area contributed by atoms with E-state index in [0.29, 0.717) is 51.5 Å². The number of hydrogen-bond acceptors (Lipinski definition) is 5. The summed E-state index contributed by atoms with van der Waals surface area (Å²) in [5.41, 5.74) is 1.94. The fraction of sp³-hybridized carbons (Fsp3) is 0.360. The first-order valence-corrected chi connectivity index (χ1v) is 10.9. The van der Waals surface area contributed by atoms with Crippen molar-refractivity contribution in [2.75, 3.05) is 33.9 Å². The fourth-order valence-electron chi connectivity index (χ4n) is 4.22. The Bertz CT molecular complexity index is 1140. The maximum atomic E-state index is 13.2. The van der Waals surface area contributed by atoms with Crippen LogP contribution in [0.5, 0.6) is 11.5 Å². The minimum Gasteiger partial charge on any atom is -0.496 e. The molecule has 7 heteroatoms. The molecule has 0 radical (unpaired) electrons. The molecule has 2 amide bonds. The normalized spacial score (nSPS) is 13.8. The number of fused-ring (bicyclic) bond motifs is 1. The van der Waals surface area contributed by atoms with Gasteiger partial charge in [0.15, 0.2) is 5.76 Å². The summed E-state index contributed by atoms with van der Waals surface area (Å²) in [6.07, 6.45) is 3.13. The van der Waals surface area contributed by atoms with Crippen molar-refractivity contribution < 1.29 is 23.5 Å². The highest BCUT2D eigenvalue weighted by atomic mass is 16.5. The lowest BCUT2D eigenvalue weighted by atomic mass is 10.0. The molecule has 0 saturated carbocycles. The maximum absolute atomic E-state index is 13.2. The number of hydrogen-bond donors (Lipinski definition) is 1. The molecule has 0 unspecified atom stereocenters. The highest BCUT2D eigenvalue weighted by Gasteiger charge is 2.28. The summed E-state index contributed by atoms with van der Waals surface area (Å²) in [7, 11) is 3.10. The first kappa shape index (κ1) is 21.7. The van der Waals surface area contributed by atoms with Crippen molar-refractivity contribution in [1.29, 1.82) is 0 Å². The minimum atomic E-state index is -0.260. The number of carbonyl (C=O) groups is 2. The lowest BCUT2D eigenvalue weighted by Crippen LogP contribution is -2.35. The van der Waals surface area contributed by atoms with E-state index in [1.807, 2.05) is 36.1 Å². The Kier molecular flexibility index (Phi) is 6.35. The number of amides is 2. The third-order valence-corrected chi connectivity index (χ3v) is 5.80.